The molecule has 3 heterocycles. The number of rotatable bonds is 2. The number of piperidine rings is 3. The SMILES string of the molecule is O=C(CN1CCCCC1=O)N1CCC2(CCNCC2)CC1. The van der Waals surface area contributed by atoms with E-state index in [-0.39, 0.29) is 11.8 Å². The second kappa shape index (κ2) is 6.34. The molecule has 1 spiro atoms. The Morgan fingerprint density at radius 3 is 2.43 bits per heavy atom. The Morgan fingerprint density at radius 2 is 1.76 bits per heavy atom. The maximum absolute atomic E-state index is 12.4. The molecule has 0 aromatic carbocycles. The summed E-state index contributed by atoms with van der Waals surface area (Å²) < 4.78 is 0. The van der Waals surface area contributed by atoms with Crippen LogP contribution in [0.25, 0.3) is 0 Å². The molecule has 3 aliphatic heterocycles. The molecule has 0 radical (unpaired) electrons. The summed E-state index contributed by atoms with van der Waals surface area (Å²) in [7, 11) is 0. The van der Waals surface area contributed by atoms with Crippen molar-refractivity contribution in [2.24, 2.45) is 5.41 Å². The van der Waals surface area contributed by atoms with Crippen molar-refractivity contribution in [3.63, 3.8) is 0 Å². The molecule has 5 nitrogen and oxygen atoms in total. The third-order valence-corrected chi connectivity index (χ3v) is 5.59. The van der Waals surface area contributed by atoms with E-state index >= 15 is 0 Å². The summed E-state index contributed by atoms with van der Waals surface area (Å²) in [6, 6.07) is 0. The van der Waals surface area contributed by atoms with Gasteiger partial charge < -0.3 is 15.1 Å². The first-order valence-electron chi connectivity index (χ1n) is 8.45. The zero-order valence-corrected chi connectivity index (χ0v) is 12.9. The lowest BCUT2D eigenvalue weighted by Crippen LogP contribution is -2.50. The van der Waals surface area contributed by atoms with E-state index in [0.717, 1.165) is 58.4 Å². The molecule has 3 aliphatic rings. The van der Waals surface area contributed by atoms with Gasteiger partial charge in [0.05, 0.1) is 6.54 Å². The average Bonchev–Trinajstić information content (AvgIpc) is 2.51. The van der Waals surface area contributed by atoms with Crippen molar-refractivity contribution in [3.8, 4) is 0 Å². The lowest BCUT2D eigenvalue weighted by Gasteiger charge is -2.44. The van der Waals surface area contributed by atoms with Crippen molar-refractivity contribution in [1.29, 1.82) is 0 Å². The first kappa shape index (κ1) is 14.8. The van der Waals surface area contributed by atoms with Gasteiger partial charge in [-0.2, -0.15) is 0 Å². The van der Waals surface area contributed by atoms with Crippen molar-refractivity contribution >= 4 is 11.8 Å². The topological polar surface area (TPSA) is 52.7 Å². The molecule has 21 heavy (non-hydrogen) atoms. The molecule has 0 aliphatic carbocycles. The largest absolute Gasteiger partial charge is 0.341 e. The molecule has 2 amide bonds. The average molecular weight is 293 g/mol. The number of hydrogen-bond acceptors (Lipinski definition) is 3. The standard InChI is InChI=1S/C16H27N3O2/c20-14-3-1-2-10-19(14)13-15(21)18-11-6-16(7-12-18)4-8-17-9-5-16/h17H,1-13H2. The summed E-state index contributed by atoms with van der Waals surface area (Å²) in [4.78, 5) is 27.9. The van der Waals surface area contributed by atoms with Crippen LogP contribution >= 0.6 is 0 Å². The highest BCUT2D eigenvalue weighted by atomic mass is 16.2. The van der Waals surface area contributed by atoms with Gasteiger partial charge in [-0.1, -0.05) is 0 Å². The Balaban J connectivity index is 1.49. The maximum atomic E-state index is 12.4. The Hall–Kier alpha value is -1.10. The van der Waals surface area contributed by atoms with E-state index in [0.29, 0.717) is 18.4 Å². The first-order valence-corrected chi connectivity index (χ1v) is 8.45. The van der Waals surface area contributed by atoms with Crippen LogP contribution in [0.4, 0.5) is 0 Å². The van der Waals surface area contributed by atoms with Crippen LogP contribution in [0.3, 0.4) is 0 Å². The normalized spacial score (nSPS) is 26.2. The summed E-state index contributed by atoms with van der Waals surface area (Å²) in [5.74, 6) is 0.301. The second-order valence-corrected chi connectivity index (χ2v) is 6.90. The summed E-state index contributed by atoms with van der Waals surface area (Å²) >= 11 is 0. The van der Waals surface area contributed by atoms with Crippen LogP contribution in [0.1, 0.15) is 44.9 Å². The van der Waals surface area contributed by atoms with Crippen LogP contribution in [-0.4, -0.2) is 60.9 Å². The van der Waals surface area contributed by atoms with Crippen molar-refractivity contribution in [1.82, 2.24) is 15.1 Å². The van der Waals surface area contributed by atoms with E-state index < -0.39 is 0 Å². The van der Waals surface area contributed by atoms with Gasteiger partial charge in [0.25, 0.3) is 0 Å². The molecule has 118 valence electrons. The van der Waals surface area contributed by atoms with E-state index in [1.165, 1.54) is 12.8 Å². The highest BCUT2D eigenvalue weighted by Gasteiger charge is 2.37. The minimum Gasteiger partial charge on any atom is -0.341 e. The fourth-order valence-electron chi connectivity index (χ4n) is 3.98. The predicted molar refractivity (Wildman–Crippen MR) is 80.8 cm³/mol. The molecular weight excluding hydrogens is 266 g/mol. The first-order chi connectivity index (χ1) is 10.2. The van der Waals surface area contributed by atoms with Crippen LogP contribution in [0.5, 0.6) is 0 Å². The van der Waals surface area contributed by atoms with Gasteiger partial charge in [0.2, 0.25) is 11.8 Å². The minimum atomic E-state index is 0.147. The molecule has 3 saturated heterocycles. The molecule has 5 heteroatoms. The third kappa shape index (κ3) is 3.39. The molecule has 0 aromatic rings. The van der Waals surface area contributed by atoms with Crippen LogP contribution in [0, 0.1) is 5.41 Å². The predicted octanol–water partition coefficient (Wildman–Crippen LogP) is 0.991. The summed E-state index contributed by atoms with van der Waals surface area (Å²) in [5, 5.41) is 3.42. The van der Waals surface area contributed by atoms with E-state index in [1.54, 1.807) is 4.90 Å². The Morgan fingerprint density at radius 1 is 1.05 bits per heavy atom. The quantitative estimate of drug-likeness (QED) is 0.826. The smallest absolute Gasteiger partial charge is 0.242 e. The Labute approximate surface area is 127 Å². The number of carbonyl (C=O) groups excluding carboxylic acids is 2. The molecule has 1 N–H and O–H groups in total. The van der Waals surface area contributed by atoms with E-state index in [4.69, 9.17) is 0 Å². The summed E-state index contributed by atoms with van der Waals surface area (Å²) in [6.45, 7) is 5.05. The van der Waals surface area contributed by atoms with Gasteiger partial charge in [-0.05, 0) is 57.0 Å². The number of nitrogens with zero attached hydrogens (tertiary/aromatic N) is 2. The van der Waals surface area contributed by atoms with Gasteiger partial charge in [0.1, 0.15) is 0 Å². The Kier molecular flexibility index (Phi) is 4.48. The van der Waals surface area contributed by atoms with Gasteiger partial charge >= 0.3 is 0 Å². The lowest BCUT2D eigenvalue weighted by atomic mass is 9.71. The fourth-order valence-corrected chi connectivity index (χ4v) is 3.98. The van der Waals surface area contributed by atoms with Gasteiger partial charge in [-0.15, -0.1) is 0 Å². The van der Waals surface area contributed by atoms with Crippen LogP contribution in [0.2, 0.25) is 0 Å². The molecule has 3 fully saturated rings. The molecular formula is C16H27N3O2. The van der Waals surface area contributed by atoms with Crippen molar-refractivity contribution in [2.75, 3.05) is 39.3 Å². The second-order valence-electron chi connectivity index (χ2n) is 6.90. The summed E-state index contributed by atoms with van der Waals surface area (Å²) in [5.41, 5.74) is 0.475. The number of amides is 2. The lowest BCUT2D eigenvalue weighted by molar-refractivity contribution is -0.143. The highest BCUT2D eigenvalue weighted by Crippen LogP contribution is 2.39. The van der Waals surface area contributed by atoms with Gasteiger partial charge in [-0.3, -0.25) is 9.59 Å². The van der Waals surface area contributed by atoms with Gasteiger partial charge in [0.15, 0.2) is 0 Å². The molecule has 3 rings (SSSR count). The van der Waals surface area contributed by atoms with Gasteiger partial charge in [-0.25, -0.2) is 0 Å². The molecule has 0 saturated carbocycles. The maximum Gasteiger partial charge on any atom is 0.242 e. The van der Waals surface area contributed by atoms with Crippen LogP contribution < -0.4 is 5.32 Å². The van der Waals surface area contributed by atoms with E-state index in [9.17, 15) is 9.59 Å². The molecule has 0 unspecified atom stereocenters. The minimum absolute atomic E-state index is 0.147. The van der Waals surface area contributed by atoms with Crippen molar-refractivity contribution in [2.45, 2.75) is 44.9 Å². The van der Waals surface area contributed by atoms with Crippen molar-refractivity contribution < 1.29 is 9.59 Å². The number of carbonyl (C=O) groups is 2. The van der Waals surface area contributed by atoms with Crippen LogP contribution in [-0.2, 0) is 9.59 Å². The fraction of sp³-hybridized carbons (Fsp3) is 0.875. The molecule has 0 aromatic heterocycles. The van der Waals surface area contributed by atoms with Gasteiger partial charge in [0, 0.05) is 26.1 Å². The zero-order valence-electron chi connectivity index (χ0n) is 12.9. The number of nitrogens with one attached hydrogen (secondary N) is 1. The van der Waals surface area contributed by atoms with Crippen LogP contribution in [0.15, 0.2) is 0 Å². The number of hydrogen-bond donors (Lipinski definition) is 1. The number of likely N-dealkylation sites (tertiary alicyclic amines) is 2. The van der Waals surface area contributed by atoms with E-state index in [1.807, 2.05) is 4.90 Å². The highest BCUT2D eigenvalue weighted by molar-refractivity contribution is 5.85. The Bertz CT molecular complexity index is 394. The van der Waals surface area contributed by atoms with Crippen molar-refractivity contribution in [3.05, 3.63) is 0 Å². The monoisotopic (exact) mass is 293 g/mol. The summed E-state index contributed by atoms with van der Waals surface area (Å²) in [6.07, 6.45) is 7.39. The molecule has 0 atom stereocenters. The van der Waals surface area contributed by atoms with E-state index in [2.05, 4.69) is 5.32 Å². The zero-order chi connectivity index (χ0) is 14.7. The molecule has 0 bridgehead atoms. The third-order valence-electron chi connectivity index (χ3n) is 5.59.